The van der Waals surface area contributed by atoms with Gasteiger partial charge in [0.1, 0.15) is 0 Å². The molecule has 0 spiro atoms. The molecule has 62 heavy (non-hydrogen) atoms. The number of benzene rings is 1. The number of carboxylic acids is 3. The van der Waals surface area contributed by atoms with Crippen LogP contribution in [0.3, 0.4) is 0 Å². The van der Waals surface area contributed by atoms with E-state index in [1.807, 2.05) is 16.8 Å². The van der Waals surface area contributed by atoms with Crippen LogP contribution in [0.5, 0.6) is 0 Å². The Balaban J connectivity index is 1.05. The van der Waals surface area contributed by atoms with Crippen LogP contribution in [0.1, 0.15) is 36.0 Å². The zero-order valence-corrected chi connectivity index (χ0v) is 35.0. The number of anilines is 1. The first-order valence-corrected chi connectivity index (χ1v) is 20.8. The maximum Gasteiger partial charge on any atom is 0.317 e. The summed E-state index contributed by atoms with van der Waals surface area (Å²) in [5.41, 5.74) is 1.17. The Morgan fingerprint density at radius 1 is 0.774 bits per heavy atom. The van der Waals surface area contributed by atoms with Crippen LogP contribution < -0.4 is 16.0 Å². The summed E-state index contributed by atoms with van der Waals surface area (Å²) in [6.07, 6.45) is 3.29. The Morgan fingerprint density at radius 2 is 1.35 bits per heavy atom. The van der Waals surface area contributed by atoms with Gasteiger partial charge < -0.3 is 36.2 Å². The van der Waals surface area contributed by atoms with Gasteiger partial charge in [-0.3, -0.25) is 67.9 Å². The summed E-state index contributed by atoms with van der Waals surface area (Å²) in [4.78, 5) is 105. The number of piperidine rings is 1. The van der Waals surface area contributed by atoms with Crippen LogP contribution in [0.25, 0.3) is 15.7 Å². The van der Waals surface area contributed by atoms with Crippen molar-refractivity contribution in [1.82, 2.24) is 45.0 Å². The van der Waals surface area contributed by atoms with Crippen molar-refractivity contribution in [3.05, 3.63) is 47.4 Å². The van der Waals surface area contributed by atoms with Gasteiger partial charge >= 0.3 is 24.1 Å². The number of carboxylic acid groups (broad SMARTS) is 3. The van der Waals surface area contributed by atoms with E-state index in [0.29, 0.717) is 86.7 Å². The van der Waals surface area contributed by atoms with E-state index in [2.05, 4.69) is 25.8 Å². The van der Waals surface area contributed by atoms with Crippen molar-refractivity contribution in [3.8, 4) is 0 Å². The third-order valence-corrected chi connectivity index (χ3v) is 11.3. The standard InChI is InChI=1S/C41H57N11O10/c1-42-33-22-28-21-32(28)52(33)36(55)23-45-41(62)30-8-9-44-40-29(30)5-3-6-31(40)46-34(53)7-4-11-47(2)12-10-43-35(54)24-48-13-15-49(25-37(56)57)17-19-51(27-39(60)61)20-18-50(16-14-48)26-38(58)59/h3,5-6,8-9,28,32-33H,4,7,10-27H2,2H3,(H,43,54)(H,45,62)(H,46,53)(H,56,57)(H,58,59)(H,60,61)/t28-,32-,33-/m0/s1. The number of carbonyl (C=O) groups excluding carboxylic acids is 4. The number of fused-ring (bicyclic) bond motifs is 2. The number of pyridine rings is 1. The van der Waals surface area contributed by atoms with Crippen LogP contribution in [-0.4, -0.2) is 215 Å². The maximum atomic E-state index is 13.2. The van der Waals surface area contributed by atoms with Gasteiger partial charge in [-0.15, -0.1) is 0 Å². The molecule has 0 radical (unpaired) electrons. The molecule has 2 aliphatic heterocycles. The van der Waals surface area contributed by atoms with Crippen LogP contribution in [0, 0.1) is 12.5 Å². The van der Waals surface area contributed by atoms with Gasteiger partial charge in [0.2, 0.25) is 17.7 Å². The molecule has 5 rings (SSSR count). The second-order valence-electron chi connectivity index (χ2n) is 16.0. The zero-order chi connectivity index (χ0) is 44.8. The highest BCUT2D eigenvalue weighted by molar-refractivity contribution is 6.10. The summed E-state index contributed by atoms with van der Waals surface area (Å²) in [5.74, 6) is -3.94. The first kappa shape index (κ1) is 47.3. The highest BCUT2D eigenvalue weighted by Gasteiger charge is 2.57. The molecular formula is C41H57N11O10. The van der Waals surface area contributed by atoms with Crippen LogP contribution in [-0.2, 0) is 28.8 Å². The van der Waals surface area contributed by atoms with Gasteiger partial charge in [0.25, 0.3) is 5.91 Å². The normalized spacial score (nSPS) is 20.3. The zero-order valence-electron chi connectivity index (χ0n) is 35.0. The number of aliphatic carboxylic acids is 3. The van der Waals surface area contributed by atoms with Crippen molar-refractivity contribution >= 4 is 58.1 Å². The number of amides is 4. The van der Waals surface area contributed by atoms with Gasteiger partial charge in [0.15, 0.2) is 0 Å². The third-order valence-electron chi connectivity index (χ3n) is 11.3. The highest BCUT2D eigenvalue weighted by Crippen LogP contribution is 2.48. The molecule has 4 amide bonds. The molecule has 21 heteroatoms. The molecule has 3 aliphatic rings. The Hall–Kier alpha value is -5.79. The Kier molecular flexibility index (Phi) is 17.4. The number of carbonyl (C=O) groups is 7. The first-order valence-electron chi connectivity index (χ1n) is 20.8. The Morgan fingerprint density at radius 3 is 1.92 bits per heavy atom. The van der Waals surface area contributed by atoms with Crippen LogP contribution >= 0.6 is 0 Å². The average molecular weight is 864 g/mol. The second-order valence-corrected chi connectivity index (χ2v) is 16.0. The fraction of sp³-hybridized carbons (Fsp3) is 0.585. The molecule has 1 aliphatic carbocycles. The lowest BCUT2D eigenvalue weighted by molar-refractivity contribution is -0.140. The number of likely N-dealkylation sites (N-methyl/N-ethyl adjacent to an activating group) is 1. The van der Waals surface area contributed by atoms with Gasteiger partial charge in [0, 0.05) is 95.9 Å². The maximum absolute atomic E-state index is 13.2. The number of likely N-dealkylation sites (tertiary alicyclic amines) is 1. The summed E-state index contributed by atoms with van der Waals surface area (Å²) in [5, 5.41) is 37.3. The fourth-order valence-corrected chi connectivity index (χ4v) is 7.98. The van der Waals surface area contributed by atoms with Crippen molar-refractivity contribution in [2.24, 2.45) is 5.92 Å². The van der Waals surface area contributed by atoms with E-state index >= 15 is 0 Å². The van der Waals surface area contributed by atoms with Crippen LogP contribution in [0.4, 0.5) is 5.69 Å². The number of aromatic nitrogens is 1. The van der Waals surface area contributed by atoms with Crippen molar-refractivity contribution in [1.29, 1.82) is 0 Å². The summed E-state index contributed by atoms with van der Waals surface area (Å²) < 4.78 is 0. The molecule has 0 bridgehead atoms. The Bertz CT molecular complexity index is 1960. The van der Waals surface area contributed by atoms with Gasteiger partial charge in [-0.2, -0.15) is 0 Å². The van der Waals surface area contributed by atoms with E-state index < -0.39 is 30.0 Å². The quantitative estimate of drug-likeness (QED) is 0.0934. The molecule has 3 atom stereocenters. The summed E-state index contributed by atoms with van der Waals surface area (Å²) in [6, 6.07) is 6.77. The number of rotatable bonds is 19. The molecule has 3 fully saturated rings. The predicted octanol–water partition coefficient (Wildman–Crippen LogP) is -0.927. The highest BCUT2D eigenvalue weighted by atomic mass is 16.4. The van der Waals surface area contributed by atoms with E-state index in [4.69, 9.17) is 6.57 Å². The molecule has 2 aromatic rings. The lowest BCUT2D eigenvalue weighted by Crippen LogP contribution is -2.50. The molecule has 1 aromatic heterocycles. The molecule has 3 heterocycles. The van der Waals surface area contributed by atoms with Gasteiger partial charge in [-0.1, -0.05) is 12.1 Å². The van der Waals surface area contributed by atoms with Gasteiger partial charge in [0.05, 0.1) is 49.5 Å². The number of nitrogens with zero attached hydrogens (tertiary/aromatic N) is 8. The lowest BCUT2D eigenvalue weighted by Gasteiger charge is -2.32. The van der Waals surface area contributed by atoms with E-state index in [0.717, 1.165) is 6.42 Å². The molecule has 1 aromatic carbocycles. The summed E-state index contributed by atoms with van der Waals surface area (Å²) in [6.45, 7) is 10.2. The second kappa shape index (κ2) is 22.9. The molecule has 21 nitrogen and oxygen atoms in total. The number of para-hydroxylation sites is 1. The molecule has 6 N–H and O–H groups in total. The third kappa shape index (κ3) is 14.4. The molecular weight excluding hydrogens is 807 g/mol. The van der Waals surface area contributed by atoms with E-state index in [-0.39, 0.29) is 89.1 Å². The fourth-order valence-electron chi connectivity index (χ4n) is 7.98. The van der Waals surface area contributed by atoms with Crippen LogP contribution in [0.15, 0.2) is 30.5 Å². The predicted molar refractivity (Wildman–Crippen MR) is 225 cm³/mol. The van der Waals surface area contributed by atoms with Crippen molar-refractivity contribution < 1.29 is 48.9 Å². The van der Waals surface area contributed by atoms with Crippen molar-refractivity contribution in [3.63, 3.8) is 0 Å². The number of hydrogen-bond donors (Lipinski definition) is 6. The molecule has 0 unspecified atom stereocenters. The lowest BCUT2D eigenvalue weighted by atomic mass is 10.1. The number of hydrogen-bond acceptors (Lipinski definition) is 13. The van der Waals surface area contributed by atoms with E-state index in [9.17, 15) is 48.9 Å². The molecule has 336 valence electrons. The minimum absolute atomic E-state index is 0.00969. The monoisotopic (exact) mass is 863 g/mol. The van der Waals surface area contributed by atoms with E-state index in [1.54, 1.807) is 43.9 Å². The van der Waals surface area contributed by atoms with Gasteiger partial charge in [-0.05, 0) is 44.5 Å². The molecule has 1 saturated carbocycles. The summed E-state index contributed by atoms with van der Waals surface area (Å²) >= 11 is 0. The summed E-state index contributed by atoms with van der Waals surface area (Å²) in [7, 11) is 1.87. The number of nitrogens with one attached hydrogen (secondary N) is 3. The molecule has 2 saturated heterocycles. The van der Waals surface area contributed by atoms with Gasteiger partial charge in [-0.25, -0.2) is 6.57 Å². The van der Waals surface area contributed by atoms with Crippen molar-refractivity contribution in [2.75, 3.05) is 117 Å². The average Bonchev–Trinajstić information content (AvgIpc) is 3.88. The topological polar surface area (TPSA) is 253 Å². The van der Waals surface area contributed by atoms with E-state index in [1.165, 1.54) is 6.20 Å². The largest absolute Gasteiger partial charge is 0.480 e. The first-order chi connectivity index (χ1) is 29.7. The minimum Gasteiger partial charge on any atom is -0.480 e. The van der Waals surface area contributed by atoms with Crippen molar-refractivity contribution in [2.45, 2.75) is 37.9 Å². The SMILES string of the molecule is [C-]#[N+][C@@H]1C[C@@H]2C[C@@H]2N1C(=O)CNC(=O)c1ccnc2c(NC(=O)CCCN(C)CCNC(=O)CN3CCN(CC(=O)O)CCN(CC(=O)O)CCN(CC(=O)O)CC3)cccc12. The van der Waals surface area contributed by atoms with Crippen LogP contribution in [0.2, 0.25) is 0 Å². The smallest absolute Gasteiger partial charge is 0.317 e. The minimum atomic E-state index is -1.03. The Labute approximate surface area is 359 Å².